The van der Waals surface area contributed by atoms with E-state index < -0.39 is 0 Å². The molecule has 108 valence electrons. The number of aromatic nitrogens is 2. The summed E-state index contributed by atoms with van der Waals surface area (Å²) in [5.74, 6) is 1.45. The van der Waals surface area contributed by atoms with Crippen molar-refractivity contribution < 1.29 is 5.11 Å². The van der Waals surface area contributed by atoms with Crippen LogP contribution in [0.1, 0.15) is 44.9 Å². The second-order valence-corrected chi connectivity index (χ2v) is 6.21. The van der Waals surface area contributed by atoms with Crippen LogP contribution in [0.15, 0.2) is 6.20 Å². The maximum Gasteiger partial charge on any atom is 0.128 e. The van der Waals surface area contributed by atoms with Gasteiger partial charge in [0.15, 0.2) is 0 Å². The zero-order valence-corrected chi connectivity index (χ0v) is 12.6. The molecule has 19 heavy (non-hydrogen) atoms. The van der Waals surface area contributed by atoms with Gasteiger partial charge < -0.3 is 15.0 Å². The molecule has 0 aromatic carbocycles. The molecular formula is C14H24ClN3O. The van der Waals surface area contributed by atoms with Gasteiger partial charge >= 0.3 is 0 Å². The monoisotopic (exact) mass is 285 g/mol. The molecule has 0 saturated heterocycles. The Morgan fingerprint density at radius 2 is 2.16 bits per heavy atom. The van der Waals surface area contributed by atoms with Gasteiger partial charge in [0, 0.05) is 12.6 Å². The number of hydrogen-bond acceptors (Lipinski definition) is 3. The molecule has 1 atom stereocenters. The minimum atomic E-state index is -0.223. The van der Waals surface area contributed by atoms with Crippen LogP contribution in [0.4, 0.5) is 0 Å². The van der Waals surface area contributed by atoms with Crippen molar-refractivity contribution in [2.45, 2.75) is 51.1 Å². The van der Waals surface area contributed by atoms with E-state index in [0.717, 1.165) is 5.82 Å². The fourth-order valence-corrected chi connectivity index (χ4v) is 3.08. The summed E-state index contributed by atoms with van der Waals surface area (Å²) in [6.07, 6.45) is 7.94. The van der Waals surface area contributed by atoms with Crippen molar-refractivity contribution in [3.8, 4) is 0 Å². The summed E-state index contributed by atoms with van der Waals surface area (Å²) in [5, 5.41) is 13.9. The molecule has 1 aliphatic carbocycles. The topological polar surface area (TPSA) is 50.1 Å². The van der Waals surface area contributed by atoms with Crippen molar-refractivity contribution in [3.63, 3.8) is 0 Å². The number of rotatable bonds is 5. The first-order valence-corrected chi connectivity index (χ1v) is 7.46. The van der Waals surface area contributed by atoms with Gasteiger partial charge in [0.25, 0.3) is 0 Å². The lowest BCUT2D eigenvalue weighted by Gasteiger charge is -2.39. The van der Waals surface area contributed by atoms with Crippen LogP contribution in [0.5, 0.6) is 0 Å². The van der Waals surface area contributed by atoms with E-state index in [1.165, 1.54) is 32.1 Å². The van der Waals surface area contributed by atoms with Gasteiger partial charge in [-0.2, -0.15) is 0 Å². The number of halogens is 1. The van der Waals surface area contributed by atoms with Gasteiger partial charge in [-0.3, -0.25) is 0 Å². The van der Waals surface area contributed by atoms with Gasteiger partial charge in [-0.1, -0.05) is 30.9 Å². The highest BCUT2D eigenvalue weighted by atomic mass is 35.5. The normalized spacial score (nSPS) is 20.4. The predicted molar refractivity (Wildman–Crippen MR) is 77.1 cm³/mol. The first-order valence-electron chi connectivity index (χ1n) is 7.09. The SMILES string of the molecule is Cn1c(Cl)cnc1CN[C@](C)(CO)C1CCCCC1. The minimum Gasteiger partial charge on any atom is -0.394 e. The molecule has 0 spiro atoms. The molecule has 0 amide bonds. The molecule has 2 rings (SSSR count). The number of hydrogen-bond donors (Lipinski definition) is 2. The van der Waals surface area contributed by atoms with E-state index in [0.29, 0.717) is 17.6 Å². The fraction of sp³-hybridized carbons (Fsp3) is 0.786. The fourth-order valence-electron chi connectivity index (χ4n) is 2.94. The van der Waals surface area contributed by atoms with Crippen LogP contribution >= 0.6 is 11.6 Å². The second kappa shape index (κ2) is 6.25. The lowest BCUT2D eigenvalue weighted by Crippen LogP contribution is -2.52. The summed E-state index contributed by atoms with van der Waals surface area (Å²) in [7, 11) is 1.91. The molecule has 1 fully saturated rings. The highest BCUT2D eigenvalue weighted by Crippen LogP contribution is 2.32. The molecule has 1 aromatic rings. The average Bonchev–Trinajstić information content (AvgIpc) is 2.77. The van der Waals surface area contributed by atoms with Crippen LogP contribution in [0.3, 0.4) is 0 Å². The Labute approximate surface area is 120 Å². The van der Waals surface area contributed by atoms with Crippen molar-refractivity contribution >= 4 is 11.6 Å². The van der Waals surface area contributed by atoms with Gasteiger partial charge in [0.1, 0.15) is 11.0 Å². The van der Waals surface area contributed by atoms with Crippen molar-refractivity contribution in [2.75, 3.05) is 6.61 Å². The first-order chi connectivity index (χ1) is 9.07. The maximum atomic E-state index is 9.77. The van der Waals surface area contributed by atoms with E-state index in [9.17, 15) is 5.11 Å². The van der Waals surface area contributed by atoms with E-state index in [1.807, 2.05) is 11.6 Å². The van der Waals surface area contributed by atoms with Gasteiger partial charge in [0.2, 0.25) is 0 Å². The summed E-state index contributed by atoms with van der Waals surface area (Å²) in [5.41, 5.74) is -0.223. The number of aliphatic hydroxyl groups excluding tert-OH is 1. The molecule has 0 bridgehead atoms. The van der Waals surface area contributed by atoms with Crippen molar-refractivity contribution in [1.29, 1.82) is 0 Å². The van der Waals surface area contributed by atoms with Crippen LogP contribution < -0.4 is 5.32 Å². The van der Waals surface area contributed by atoms with Gasteiger partial charge in [-0.25, -0.2) is 4.98 Å². The van der Waals surface area contributed by atoms with Crippen LogP contribution in [0, 0.1) is 5.92 Å². The third kappa shape index (κ3) is 3.30. The second-order valence-electron chi connectivity index (χ2n) is 5.82. The molecule has 1 aliphatic rings. The lowest BCUT2D eigenvalue weighted by molar-refractivity contribution is 0.0928. The van der Waals surface area contributed by atoms with Gasteiger partial charge in [0.05, 0.1) is 19.3 Å². The largest absolute Gasteiger partial charge is 0.394 e. The molecule has 1 heterocycles. The highest BCUT2D eigenvalue weighted by molar-refractivity contribution is 6.29. The predicted octanol–water partition coefficient (Wildman–Crippen LogP) is 2.49. The van der Waals surface area contributed by atoms with E-state index in [4.69, 9.17) is 11.6 Å². The van der Waals surface area contributed by atoms with E-state index in [-0.39, 0.29) is 12.1 Å². The number of nitrogens with one attached hydrogen (secondary N) is 1. The lowest BCUT2D eigenvalue weighted by atomic mass is 9.76. The van der Waals surface area contributed by atoms with Gasteiger partial charge in [-0.05, 0) is 25.7 Å². The van der Waals surface area contributed by atoms with Crippen LogP contribution in [-0.4, -0.2) is 26.8 Å². The Morgan fingerprint density at radius 1 is 1.47 bits per heavy atom. The van der Waals surface area contributed by atoms with Gasteiger partial charge in [-0.15, -0.1) is 0 Å². The molecule has 0 radical (unpaired) electrons. The highest BCUT2D eigenvalue weighted by Gasteiger charge is 2.34. The standard InChI is InChI=1S/C14H24ClN3O/c1-14(10-19,11-6-4-3-5-7-11)17-9-13-16-8-12(15)18(13)2/h8,11,17,19H,3-7,9-10H2,1-2H3/t14-/m1/s1. The summed E-state index contributed by atoms with van der Waals surface area (Å²) < 4.78 is 1.87. The van der Waals surface area contributed by atoms with E-state index >= 15 is 0 Å². The molecular weight excluding hydrogens is 262 g/mol. The Hall–Kier alpha value is -0.580. The average molecular weight is 286 g/mol. The molecule has 2 N–H and O–H groups in total. The smallest absolute Gasteiger partial charge is 0.128 e. The Kier molecular flexibility index (Phi) is 4.87. The first kappa shape index (κ1) is 14.8. The van der Waals surface area contributed by atoms with E-state index in [1.54, 1.807) is 6.20 Å². The van der Waals surface area contributed by atoms with Crippen molar-refractivity contribution in [3.05, 3.63) is 17.2 Å². The van der Waals surface area contributed by atoms with E-state index in [2.05, 4.69) is 17.2 Å². The zero-order chi connectivity index (χ0) is 13.9. The van der Waals surface area contributed by atoms with Crippen molar-refractivity contribution in [1.82, 2.24) is 14.9 Å². The summed E-state index contributed by atoms with van der Waals surface area (Å²) >= 11 is 5.99. The third-order valence-electron chi connectivity index (χ3n) is 4.51. The number of nitrogens with zero attached hydrogens (tertiary/aromatic N) is 2. The molecule has 0 unspecified atom stereocenters. The summed E-state index contributed by atoms with van der Waals surface area (Å²) in [6.45, 7) is 2.92. The van der Waals surface area contributed by atoms with Crippen LogP contribution in [-0.2, 0) is 13.6 Å². The summed E-state index contributed by atoms with van der Waals surface area (Å²) in [4.78, 5) is 4.28. The minimum absolute atomic E-state index is 0.163. The Bertz CT molecular complexity index is 415. The number of aliphatic hydroxyl groups is 1. The molecule has 0 aliphatic heterocycles. The van der Waals surface area contributed by atoms with Crippen LogP contribution in [0.2, 0.25) is 5.15 Å². The Balaban J connectivity index is 1.99. The molecule has 5 heteroatoms. The third-order valence-corrected chi connectivity index (χ3v) is 4.86. The Morgan fingerprint density at radius 3 is 2.68 bits per heavy atom. The summed E-state index contributed by atoms with van der Waals surface area (Å²) in [6, 6.07) is 0. The van der Waals surface area contributed by atoms with Crippen molar-refractivity contribution in [2.24, 2.45) is 13.0 Å². The molecule has 1 aromatic heterocycles. The molecule has 4 nitrogen and oxygen atoms in total. The zero-order valence-electron chi connectivity index (χ0n) is 11.8. The molecule has 1 saturated carbocycles. The number of imidazole rings is 1. The van der Waals surface area contributed by atoms with Crippen LogP contribution in [0.25, 0.3) is 0 Å². The quantitative estimate of drug-likeness (QED) is 0.874. The maximum absolute atomic E-state index is 9.77.